The number of amides is 1. The van der Waals surface area contributed by atoms with Crippen LogP contribution in [0.15, 0.2) is 0 Å². The molecule has 1 amide bonds. The van der Waals surface area contributed by atoms with E-state index >= 15 is 0 Å². The quantitative estimate of drug-likeness (QED) is 0.793. The van der Waals surface area contributed by atoms with Crippen LogP contribution in [0.1, 0.15) is 12.8 Å². The van der Waals surface area contributed by atoms with E-state index in [1.54, 1.807) is 0 Å². The number of hydrogen-bond donors (Lipinski definition) is 2. The van der Waals surface area contributed by atoms with Crippen molar-refractivity contribution in [1.29, 1.82) is 0 Å². The van der Waals surface area contributed by atoms with E-state index in [0.717, 1.165) is 24.3 Å². The molecule has 0 aromatic carbocycles. The Morgan fingerprint density at radius 1 is 1.31 bits per heavy atom. The predicted octanol–water partition coefficient (Wildman–Crippen LogP) is 1.15. The molecule has 7 heteroatoms. The molecule has 0 aliphatic carbocycles. The van der Waals surface area contributed by atoms with Gasteiger partial charge in [-0.15, -0.1) is 0 Å². The number of thioether (sulfide) groups is 1. The van der Waals surface area contributed by atoms with Crippen LogP contribution < -0.4 is 10.6 Å². The van der Waals surface area contributed by atoms with E-state index in [1.807, 2.05) is 11.8 Å². The molecule has 1 fully saturated rings. The Morgan fingerprint density at radius 3 is 2.50 bits per heavy atom. The third-order valence-corrected chi connectivity index (χ3v) is 3.25. The highest BCUT2D eigenvalue weighted by Gasteiger charge is 2.26. The minimum absolute atomic E-state index is 0.126. The van der Waals surface area contributed by atoms with Crippen molar-refractivity contribution in [2.75, 3.05) is 24.6 Å². The number of halogens is 3. The summed E-state index contributed by atoms with van der Waals surface area (Å²) in [5.41, 5.74) is 0. The smallest absolute Gasteiger partial charge is 0.352 e. The van der Waals surface area contributed by atoms with Crippen molar-refractivity contribution >= 4 is 17.7 Å². The van der Waals surface area contributed by atoms with Gasteiger partial charge < -0.3 is 10.6 Å². The Bertz CT molecular complexity index is 229. The summed E-state index contributed by atoms with van der Waals surface area (Å²) in [6.45, 7) is -1.40. The zero-order valence-corrected chi connectivity index (χ0v) is 9.59. The molecule has 1 rings (SSSR count). The number of alkyl halides is 3. The number of carbonyl (C=O) groups excluding carboxylic acids is 1. The predicted molar refractivity (Wildman–Crippen MR) is 57.4 cm³/mol. The van der Waals surface area contributed by atoms with Gasteiger partial charge in [0, 0.05) is 6.04 Å². The molecule has 16 heavy (non-hydrogen) atoms. The van der Waals surface area contributed by atoms with Crippen LogP contribution in [0.4, 0.5) is 13.2 Å². The molecule has 0 aromatic heterocycles. The second kappa shape index (κ2) is 6.34. The van der Waals surface area contributed by atoms with Gasteiger partial charge in [-0.05, 0) is 24.3 Å². The molecule has 0 spiro atoms. The molecule has 2 N–H and O–H groups in total. The molecule has 0 aromatic rings. The van der Waals surface area contributed by atoms with Gasteiger partial charge in [0.15, 0.2) is 0 Å². The molecule has 1 heterocycles. The average Bonchev–Trinajstić information content (AvgIpc) is 2.17. The van der Waals surface area contributed by atoms with E-state index in [4.69, 9.17) is 0 Å². The summed E-state index contributed by atoms with van der Waals surface area (Å²) in [6, 6.07) is 0.126. The van der Waals surface area contributed by atoms with Crippen LogP contribution in [-0.4, -0.2) is 42.7 Å². The Balaban J connectivity index is 2.10. The van der Waals surface area contributed by atoms with Gasteiger partial charge >= 0.3 is 6.18 Å². The molecule has 0 radical (unpaired) electrons. The summed E-state index contributed by atoms with van der Waals surface area (Å²) >= 11 is 1.83. The SMILES string of the molecule is O=C(CNCC(F)(F)F)NC1CCSCC1. The van der Waals surface area contributed by atoms with Crippen molar-refractivity contribution in [1.82, 2.24) is 10.6 Å². The second-order valence-electron chi connectivity index (χ2n) is 3.67. The summed E-state index contributed by atoms with van der Waals surface area (Å²) in [4.78, 5) is 11.2. The van der Waals surface area contributed by atoms with Gasteiger partial charge in [0.05, 0.1) is 13.1 Å². The van der Waals surface area contributed by atoms with Gasteiger partial charge in [0.2, 0.25) is 5.91 Å². The fraction of sp³-hybridized carbons (Fsp3) is 0.889. The number of nitrogens with one attached hydrogen (secondary N) is 2. The van der Waals surface area contributed by atoms with Crippen molar-refractivity contribution in [2.45, 2.75) is 25.1 Å². The summed E-state index contributed by atoms with van der Waals surface area (Å²) in [6.07, 6.45) is -2.47. The fourth-order valence-electron chi connectivity index (χ4n) is 1.44. The lowest BCUT2D eigenvalue weighted by Gasteiger charge is -2.22. The maximum atomic E-state index is 11.8. The highest BCUT2D eigenvalue weighted by Crippen LogP contribution is 2.16. The summed E-state index contributed by atoms with van der Waals surface area (Å²) < 4.78 is 35.3. The Kier molecular flexibility index (Phi) is 5.40. The first-order valence-corrected chi connectivity index (χ1v) is 6.27. The first kappa shape index (κ1) is 13.6. The van der Waals surface area contributed by atoms with E-state index in [0.29, 0.717) is 0 Å². The highest BCUT2D eigenvalue weighted by atomic mass is 32.2. The van der Waals surface area contributed by atoms with Crippen LogP contribution in [0.5, 0.6) is 0 Å². The summed E-state index contributed by atoms with van der Waals surface area (Å²) in [5, 5.41) is 4.80. The van der Waals surface area contributed by atoms with Gasteiger partial charge in [-0.2, -0.15) is 24.9 Å². The minimum atomic E-state index is -4.26. The normalized spacial score (nSPS) is 18.4. The standard InChI is InChI=1S/C9H15F3N2OS/c10-9(11,12)6-13-5-8(15)14-7-1-3-16-4-2-7/h7,13H,1-6H2,(H,14,15). The Labute approximate surface area is 96.5 Å². The van der Waals surface area contributed by atoms with Gasteiger partial charge in [0.25, 0.3) is 0 Å². The first-order chi connectivity index (χ1) is 7.47. The molecule has 0 saturated carbocycles. The number of hydrogen-bond acceptors (Lipinski definition) is 3. The van der Waals surface area contributed by atoms with Crippen LogP contribution in [-0.2, 0) is 4.79 Å². The maximum Gasteiger partial charge on any atom is 0.401 e. The molecular formula is C9H15F3N2OS. The second-order valence-corrected chi connectivity index (χ2v) is 4.90. The molecule has 0 atom stereocenters. The van der Waals surface area contributed by atoms with E-state index in [2.05, 4.69) is 10.6 Å². The van der Waals surface area contributed by atoms with Gasteiger partial charge in [-0.3, -0.25) is 4.79 Å². The lowest BCUT2D eigenvalue weighted by molar-refractivity contribution is -0.128. The number of carbonyl (C=O) groups is 1. The van der Waals surface area contributed by atoms with Gasteiger partial charge in [-0.25, -0.2) is 0 Å². The molecule has 3 nitrogen and oxygen atoms in total. The monoisotopic (exact) mass is 256 g/mol. The van der Waals surface area contributed by atoms with Crippen LogP contribution in [0.2, 0.25) is 0 Å². The summed E-state index contributed by atoms with van der Waals surface area (Å²) in [7, 11) is 0. The molecular weight excluding hydrogens is 241 g/mol. The molecule has 0 bridgehead atoms. The van der Waals surface area contributed by atoms with E-state index < -0.39 is 12.7 Å². The zero-order valence-electron chi connectivity index (χ0n) is 8.77. The molecule has 94 valence electrons. The van der Waals surface area contributed by atoms with Crippen LogP contribution >= 0.6 is 11.8 Å². The van der Waals surface area contributed by atoms with Crippen LogP contribution in [0.3, 0.4) is 0 Å². The minimum Gasteiger partial charge on any atom is -0.352 e. The Hall–Kier alpha value is -0.430. The van der Waals surface area contributed by atoms with Crippen molar-refractivity contribution in [3.05, 3.63) is 0 Å². The van der Waals surface area contributed by atoms with Crippen molar-refractivity contribution in [3.8, 4) is 0 Å². The van der Waals surface area contributed by atoms with Crippen molar-refractivity contribution < 1.29 is 18.0 Å². The average molecular weight is 256 g/mol. The van der Waals surface area contributed by atoms with E-state index in [1.165, 1.54) is 0 Å². The topological polar surface area (TPSA) is 41.1 Å². The molecule has 1 aliphatic rings. The van der Waals surface area contributed by atoms with Crippen molar-refractivity contribution in [3.63, 3.8) is 0 Å². The molecule has 1 saturated heterocycles. The van der Waals surface area contributed by atoms with Crippen LogP contribution in [0, 0.1) is 0 Å². The molecule has 0 unspecified atom stereocenters. The van der Waals surface area contributed by atoms with E-state index in [-0.39, 0.29) is 18.5 Å². The number of rotatable bonds is 4. The first-order valence-electron chi connectivity index (χ1n) is 5.12. The lowest BCUT2D eigenvalue weighted by atomic mass is 10.1. The molecule has 1 aliphatic heterocycles. The van der Waals surface area contributed by atoms with E-state index in [9.17, 15) is 18.0 Å². The van der Waals surface area contributed by atoms with Crippen molar-refractivity contribution in [2.24, 2.45) is 0 Å². The summed E-state index contributed by atoms with van der Waals surface area (Å²) in [5.74, 6) is 1.64. The lowest BCUT2D eigenvalue weighted by Crippen LogP contribution is -2.43. The largest absolute Gasteiger partial charge is 0.401 e. The highest BCUT2D eigenvalue weighted by molar-refractivity contribution is 7.99. The van der Waals surface area contributed by atoms with Crippen LogP contribution in [0.25, 0.3) is 0 Å². The maximum absolute atomic E-state index is 11.8. The van der Waals surface area contributed by atoms with Gasteiger partial charge in [0.1, 0.15) is 0 Å². The third-order valence-electron chi connectivity index (χ3n) is 2.20. The van der Waals surface area contributed by atoms with Gasteiger partial charge in [-0.1, -0.05) is 0 Å². The fourth-order valence-corrected chi connectivity index (χ4v) is 2.54. The Morgan fingerprint density at radius 2 is 1.94 bits per heavy atom. The third kappa shape index (κ3) is 6.22. The zero-order chi connectivity index (χ0) is 12.0.